The van der Waals surface area contributed by atoms with Gasteiger partial charge in [0.1, 0.15) is 5.75 Å². The topological polar surface area (TPSA) is 67.4 Å². The lowest BCUT2D eigenvalue weighted by atomic mass is 10.0. The van der Waals surface area contributed by atoms with Gasteiger partial charge in [0, 0.05) is 5.69 Å². The zero-order valence-corrected chi connectivity index (χ0v) is 14.3. The minimum atomic E-state index is -0.519. The van der Waals surface area contributed by atoms with Crippen molar-refractivity contribution in [2.24, 2.45) is 0 Å². The molecule has 2 N–H and O–H groups in total. The lowest BCUT2D eigenvalue weighted by Crippen LogP contribution is -2.34. The number of carbonyl (C=O) groups is 2. The second-order valence-electron chi connectivity index (χ2n) is 6.32. The fraction of sp³-hybridized carbons (Fsp3) is 0.143. The van der Waals surface area contributed by atoms with Crippen molar-refractivity contribution in [1.82, 2.24) is 0 Å². The third-order valence-corrected chi connectivity index (χ3v) is 4.43. The number of fused-ring (bicyclic) bond motifs is 2. The summed E-state index contributed by atoms with van der Waals surface area (Å²) in [4.78, 5) is 24.2. The third kappa shape index (κ3) is 3.11. The normalized spacial score (nSPS) is 15.7. The molecule has 1 heterocycles. The van der Waals surface area contributed by atoms with Gasteiger partial charge in [0.05, 0.1) is 12.1 Å². The Hall–Kier alpha value is -3.34. The maximum Gasteiger partial charge on any atom is 0.265 e. The lowest BCUT2D eigenvalue weighted by Gasteiger charge is -2.23. The molecule has 1 aliphatic rings. The number of amides is 2. The van der Waals surface area contributed by atoms with Gasteiger partial charge in [-0.05, 0) is 41.5 Å². The molecule has 0 fully saturated rings. The van der Waals surface area contributed by atoms with Crippen LogP contribution in [0, 0.1) is 0 Å². The maximum atomic E-state index is 12.5. The number of hydrogen-bond donors (Lipinski definition) is 2. The largest absolute Gasteiger partial charge is 0.479 e. The summed E-state index contributed by atoms with van der Waals surface area (Å²) < 4.78 is 5.52. The van der Waals surface area contributed by atoms with E-state index in [1.54, 1.807) is 25.1 Å². The highest BCUT2D eigenvalue weighted by Gasteiger charge is 2.23. The molecule has 5 heteroatoms. The van der Waals surface area contributed by atoms with E-state index in [2.05, 4.69) is 10.6 Å². The van der Waals surface area contributed by atoms with Crippen LogP contribution >= 0.6 is 0 Å². The SMILES string of the molecule is C[C@@H]1Oc2ccc(NC(=O)Cc3cccc4ccccc34)cc2NC1=O. The Morgan fingerprint density at radius 1 is 1.12 bits per heavy atom. The van der Waals surface area contributed by atoms with Crippen molar-refractivity contribution in [1.29, 1.82) is 0 Å². The van der Waals surface area contributed by atoms with E-state index < -0.39 is 6.10 Å². The molecule has 3 aromatic carbocycles. The third-order valence-electron chi connectivity index (χ3n) is 4.43. The Morgan fingerprint density at radius 2 is 1.92 bits per heavy atom. The van der Waals surface area contributed by atoms with Gasteiger partial charge < -0.3 is 15.4 Å². The highest BCUT2D eigenvalue weighted by molar-refractivity contribution is 6.00. The molecule has 4 rings (SSSR count). The van der Waals surface area contributed by atoms with E-state index in [0.29, 0.717) is 17.1 Å². The van der Waals surface area contributed by atoms with Gasteiger partial charge in [0.25, 0.3) is 5.91 Å². The van der Waals surface area contributed by atoms with Crippen LogP contribution in [0.5, 0.6) is 5.75 Å². The number of carbonyl (C=O) groups excluding carboxylic acids is 2. The van der Waals surface area contributed by atoms with Gasteiger partial charge in [-0.25, -0.2) is 0 Å². The van der Waals surface area contributed by atoms with Crippen LogP contribution < -0.4 is 15.4 Å². The van der Waals surface area contributed by atoms with Crippen molar-refractivity contribution in [2.45, 2.75) is 19.4 Å². The van der Waals surface area contributed by atoms with Crippen LogP contribution in [0.25, 0.3) is 10.8 Å². The first-order chi connectivity index (χ1) is 12.6. The van der Waals surface area contributed by atoms with E-state index in [-0.39, 0.29) is 18.2 Å². The molecule has 0 unspecified atom stereocenters. The summed E-state index contributed by atoms with van der Waals surface area (Å²) >= 11 is 0. The van der Waals surface area contributed by atoms with Gasteiger partial charge in [0.2, 0.25) is 5.91 Å². The van der Waals surface area contributed by atoms with Gasteiger partial charge in [-0.3, -0.25) is 9.59 Å². The smallest absolute Gasteiger partial charge is 0.265 e. The Kier molecular flexibility index (Phi) is 4.05. The highest BCUT2D eigenvalue weighted by Crippen LogP contribution is 2.32. The van der Waals surface area contributed by atoms with E-state index >= 15 is 0 Å². The highest BCUT2D eigenvalue weighted by atomic mass is 16.5. The van der Waals surface area contributed by atoms with Gasteiger partial charge in [-0.2, -0.15) is 0 Å². The molecule has 0 saturated heterocycles. The van der Waals surface area contributed by atoms with E-state index in [9.17, 15) is 9.59 Å². The summed E-state index contributed by atoms with van der Waals surface area (Å²) in [6.45, 7) is 1.69. The molecule has 5 nitrogen and oxygen atoms in total. The number of nitrogens with one attached hydrogen (secondary N) is 2. The molecule has 0 aliphatic carbocycles. The standard InChI is InChI=1S/C21H18N2O3/c1-13-21(25)23-18-12-16(9-10-19(18)26-13)22-20(24)11-15-7-4-6-14-5-2-3-8-17(14)15/h2-10,12-13H,11H2,1H3,(H,22,24)(H,23,25)/t13-/m0/s1. The number of ether oxygens (including phenoxy) is 1. The summed E-state index contributed by atoms with van der Waals surface area (Å²) in [5.74, 6) is 0.290. The van der Waals surface area contributed by atoms with Gasteiger partial charge in [-0.15, -0.1) is 0 Å². The van der Waals surface area contributed by atoms with E-state index in [1.165, 1.54) is 0 Å². The summed E-state index contributed by atoms with van der Waals surface area (Å²) in [7, 11) is 0. The molecule has 130 valence electrons. The quantitative estimate of drug-likeness (QED) is 0.759. The Morgan fingerprint density at radius 3 is 2.81 bits per heavy atom. The van der Waals surface area contributed by atoms with Crippen molar-refractivity contribution in [3.63, 3.8) is 0 Å². The molecule has 1 aliphatic heterocycles. The molecule has 3 aromatic rings. The summed E-state index contributed by atoms with van der Waals surface area (Å²) in [5.41, 5.74) is 2.16. The molecule has 2 amide bonds. The fourth-order valence-electron chi connectivity index (χ4n) is 3.11. The zero-order chi connectivity index (χ0) is 18.1. The monoisotopic (exact) mass is 346 g/mol. The summed E-state index contributed by atoms with van der Waals surface area (Å²) in [5, 5.41) is 7.85. The summed E-state index contributed by atoms with van der Waals surface area (Å²) in [6, 6.07) is 19.2. The Balaban J connectivity index is 1.52. The minimum absolute atomic E-state index is 0.113. The van der Waals surface area contributed by atoms with Crippen LogP contribution in [0.15, 0.2) is 60.7 Å². The molecule has 26 heavy (non-hydrogen) atoms. The van der Waals surface area contributed by atoms with Crippen molar-refractivity contribution >= 4 is 34.0 Å². The molecule has 0 saturated carbocycles. The van der Waals surface area contributed by atoms with Crippen LogP contribution in [-0.2, 0) is 16.0 Å². The number of hydrogen-bond acceptors (Lipinski definition) is 3. The number of anilines is 2. The molecule has 0 radical (unpaired) electrons. The van der Waals surface area contributed by atoms with Crippen molar-refractivity contribution < 1.29 is 14.3 Å². The second kappa shape index (κ2) is 6.52. The predicted octanol–water partition coefficient (Wildman–Crippen LogP) is 3.74. The first-order valence-corrected chi connectivity index (χ1v) is 8.48. The molecule has 1 atom stereocenters. The fourth-order valence-corrected chi connectivity index (χ4v) is 3.11. The summed E-state index contributed by atoms with van der Waals surface area (Å²) in [6.07, 6.45) is -0.243. The molecule has 0 spiro atoms. The number of benzene rings is 3. The molecular formula is C21H18N2O3. The maximum absolute atomic E-state index is 12.5. The van der Waals surface area contributed by atoms with Crippen LogP contribution in [0.3, 0.4) is 0 Å². The van der Waals surface area contributed by atoms with Crippen molar-refractivity contribution in [2.75, 3.05) is 10.6 Å². The van der Waals surface area contributed by atoms with Gasteiger partial charge in [-0.1, -0.05) is 42.5 Å². The van der Waals surface area contributed by atoms with Crippen molar-refractivity contribution in [3.05, 3.63) is 66.2 Å². The van der Waals surface area contributed by atoms with Crippen LogP contribution in [0.2, 0.25) is 0 Å². The average Bonchev–Trinajstić information content (AvgIpc) is 2.63. The number of rotatable bonds is 3. The molecular weight excluding hydrogens is 328 g/mol. The van der Waals surface area contributed by atoms with Gasteiger partial charge in [0.15, 0.2) is 6.10 Å². The minimum Gasteiger partial charge on any atom is -0.479 e. The van der Waals surface area contributed by atoms with Crippen LogP contribution in [0.4, 0.5) is 11.4 Å². The van der Waals surface area contributed by atoms with E-state index in [4.69, 9.17) is 4.74 Å². The first-order valence-electron chi connectivity index (χ1n) is 8.48. The molecule has 0 aromatic heterocycles. The van der Waals surface area contributed by atoms with E-state index in [1.807, 2.05) is 42.5 Å². The zero-order valence-electron chi connectivity index (χ0n) is 14.3. The van der Waals surface area contributed by atoms with E-state index in [0.717, 1.165) is 16.3 Å². The van der Waals surface area contributed by atoms with Gasteiger partial charge >= 0.3 is 0 Å². The second-order valence-corrected chi connectivity index (χ2v) is 6.32. The predicted molar refractivity (Wildman–Crippen MR) is 101 cm³/mol. The van der Waals surface area contributed by atoms with Crippen LogP contribution in [0.1, 0.15) is 12.5 Å². The lowest BCUT2D eigenvalue weighted by molar-refractivity contribution is -0.122. The molecule has 0 bridgehead atoms. The average molecular weight is 346 g/mol. The Labute approximate surface area is 151 Å². The van der Waals surface area contributed by atoms with Crippen molar-refractivity contribution in [3.8, 4) is 5.75 Å². The first kappa shape index (κ1) is 16.1. The Bertz CT molecular complexity index is 1010. The van der Waals surface area contributed by atoms with Crippen LogP contribution in [-0.4, -0.2) is 17.9 Å².